The van der Waals surface area contributed by atoms with Gasteiger partial charge in [-0.1, -0.05) is 42.5 Å². The van der Waals surface area contributed by atoms with Crippen LogP contribution >= 0.6 is 24.2 Å². The molecule has 1 aliphatic rings. The zero-order valence-corrected chi connectivity index (χ0v) is 15.2. The molecule has 3 rings (SSSR count). The fourth-order valence-corrected chi connectivity index (χ4v) is 3.80. The Bertz CT molecular complexity index is 588. The molecular formula is C19H25ClN2S. The number of benzene rings is 2. The number of likely N-dealkylation sites (tertiary alicyclic amines) is 1. The molecule has 1 fully saturated rings. The zero-order valence-electron chi connectivity index (χ0n) is 13.5. The van der Waals surface area contributed by atoms with Crippen molar-refractivity contribution >= 4 is 24.2 Å². The minimum absolute atomic E-state index is 0. The smallest absolute Gasteiger partial charge is 0.0234 e. The number of rotatable bonds is 5. The van der Waals surface area contributed by atoms with Crippen molar-refractivity contribution in [3.8, 4) is 0 Å². The summed E-state index contributed by atoms with van der Waals surface area (Å²) in [6, 6.07) is 19.8. The van der Waals surface area contributed by atoms with Crippen molar-refractivity contribution in [2.75, 3.05) is 25.9 Å². The molecule has 1 saturated heterocycles. The summed E-state index contributed by atoms with van der Waals surface area (Å²) >= 11 is 1.79. The molecule has 2 N–H and O–H groups in total. The molecule has 2 atom stereocenters. The Labute approximate surface area is 149 Å². The summed E-state index contributed by atoms with van der Waals surface area (Å²) in [6.07, 6.45) is 2.12. The average molecular weight is 349 g/mol. The minimum atomic E-state index is 0. The lowest BCUT2D eigenvalue weighted by molar-refractivity contribution is 0.317. The van der Waals surface area contributed by atoms with Gasteiger partial charge in [-0.2, -0.15) is 0 Å². The number of nitrogens with zero attached hydrogens (tertiary/aromatic N) is 1. The highest BCUT2D eigenvalue weighted by atomic mass is 35.5. The molecule has 1 heterocycles. The van der Waals surface area contributed by atoms with Gasteiger partial charge in [0.25, 0.3) is 0 Å². The molecule has 4 heteroatoms. The molecule has 2 aromatic carbocycles. The van der Waals surface area contributed by atoms with Crippen molar-refractivity contribution in [3.05, 3.63) is 65.7 Å². The topological polar surface area (TPSA) is 29.3 Å². The summed E-state index contributed by atoms with van der Waals surface area (Å²) < 4.78 is 0. The molecule has 0 radical (unpaired) electrons. The van der Waals surface area contributed by atoms with E-state index in [1.165, 1.54) is 16.0 Å². The number of halogens is 1. The van der Waals surface area contributed by atoms with Crippen LogP contribution in [0.25, 0.3) is 0 Å². The van der Waals surface area contributed by atoms with Crippen molar-refractivity contribution in [1.82, 2.24) is 4.90 Å². The van der Waals surface area contributed by atoms with Crippen LogP contribution in [0.2, 0.25) is 0 Å². The molecule has 23 heavy (non-hydrogen) atoms. The van der Waals surface area contributed by atoms with Gasteiger partial charge in [-0.25, -0.2) is 0 Å². The van der Waals surface area contributed by atoms with Crippen molar-refractivity contribution in [1.29, 1.82) is 0 Å². The zero-order chi connectivity index (χ0) is 15.4. The normalized spacial score (nSPS) is 21.1. The fourth-order valence-electron chi connectivity index (χ4n) is 3.40. The van der Waals surface area contributed by atoms with Gasteiger partial charge in [0.15, 0.2) is 0 Å². The predicted octanol–water partition coefficient (Wildman–Crippen LogP) is 4.00. The number of hydrogen-bond acceptors (Lipinski definition) is 3. The van der Waals surface area contributed by atoms with Gasteiger partial charge in [0.05, 0.1) is 0 Å². The molecule has 1 aliphatic heterocycles. The van der Waals surface area contributed by atoms with Crippen molar-refractivity contribution in [2.45, 2.75) is 17.4 Å². The maximum absolute atomic E-state index is 6.03. The molecular weight excluding hydrogens is 324 g/mol. The summed E-state index contributed by atoms with van der Waals surface area (Å²) in [6.45, 7) is 3.99. The monoisotopic (exact) mass is 348 g/mol. The highest BCUT2D eigenvalue weighted by Gasteiger charge is 2.32. The highest BCUT2D eigenvalue weighted by molar-refractivity contribution is 7.98. The Kier molecular flexibility index (Phi) is 6.97. The van der Waals surface area contributed by atoms with Crippen LogP contribution in [0.1, 0.15) is 17.0 Å². The number of hydrogen-bond donors (Lipinski definition) is 1. The number of thioether (sulfide) groups is 1. The molecule has 124 valence electrons. The first-order valence-electron chi connectivity index (χ1n) is 7.90. The van der Waals surface area contributed by atoms with Crippen LogP contribution in [0, 0.1) is 5.92 Å². The Morgan fingerprint density at radius 2 is 1.74 bits per heavy atom. The second kappa shape index (κ2) is 8.74. The Balaban J connectivity index is 0.00000192. The number of nitrogens with two attached hydrogens (primary N) is 1. The van der Waals surface area contributed by atoms with Gasteiger partial charge in [0.2, 0.25) is 0 Å². The lowest BCUT2D eigenvalue weighted by atomic mass is 9.89. The van der Waals surface area contributed by atoms with E-state index < -0.39 is 0 Å². The maximum atomic E-state index is 6.03. The molecule has 2 aromatic rings. The first-order chi connectivity index (χ1) is 10.8. The predicted molar refractivity (Wildman–Crippen MR) is 102 cm³/mol. The molecule has 0 aromatic heterocycles. The van der Waals surface area contributed by atoms with E-state index in [2.05, 4.69) is 65.8 Å². The van der Waals surface area contributed by atoms with Crippen LogP contribution in [0.5, 0.6) is 0 Å². The molecule has 0 unspecified atom stereocenters. The third-order valence-corrected chi connectivity index (χ3v) is 5.36. The van der Waals surface area contributed by atoms with Gasteiger partial charge in [-0.3, -0.25) is 4.90 Å². The average Bonchev–Trinajstić information content (AvgIpc) is 2.99. The maximum Gasteiger partial charge on any atom is 0.0234 e. The summed E-state index contributed by atoms with van der Waals surface area (Å²) in [5.74, 6) is 1.13. The lowest BCUT2D eigenvalue weighted by Crippen LogP contribution is -2.23. The van der Waals surface area contributed by atoms with E-state index >= 15 is 0 Å². The minimum Gasteiger partial charge on any atom is -0.330 e. The van der Waals surface area contributed by atoms with E-state index in [-0.39, 0.29) is 12.4 Å². The molecule has 2 nitrogen and oxygen atoms in total. The molecule has 0 amide bonds. The lowest BCUT2D eigenvalue weighted by Gasteiger charge is -2.17. The third kappa shape index (κ3) is 4.51. The van der Waals surface area contributed by atoms with Crippen LogP contribution in [0.4, 0.5) is 0 Å². The van der Waals surface area contributed by atoms with Crippen LogP contribution in [-0.4, -0.2) is 30.8 Å². The van der Waals surface area contributed by atoms with Crippen molar-refractivity contribution < 1.29 is 0 Å². The van der Waals surface area contributed by atoms with E-state index in [0.29, 0.717) is 11.8 Å². The SMILES string of the molecule is CSc1ccc(CN2C[C@@H](CN)[C@H](c3ccccc3)C2)cc1.Cl. The largest absolute Gasteiger partial charge is 0.330 e. The standard InChI is InChI=1S/C19H24N2S.ClH/c1-22-18-9-7-15(8-10-18)12-21-13-17(11-20)19(14-21)16-5-3-2-4-6-16;/h2-10,17,19H,11-14,20H2,1H3;1H/t17-,19+;/m1./s1. The van der Waals surface area contributed by atoms with Crippen LogP contribution in [0.15, 0.2) is 59.5 Å². The van der Waals surface area contributed by atoms with E-state index in [1.807, 2.05) is 0 Å². The second-order valence-electron chi connectivity index (χ2n) is 6.06. The highest BCUT2D eigenvalue weighted by Crippen LogP contribution is 2.32. The van der Waals surface area contributed by atoms with Crippen molar-refractivity contribution in [2.24, 2.45) is 11.7 Å². The van der Waals surface area contributed by atoms with E-state index in [9.17, 15) is 0 Å². The van der Waals surface area contributed by atoms with Crippen LogP contribution in [0.3, 0.4) is 0 Å². The quantitative estimate of drug-likeness (QED) is 0.828. The van der Waals surface area contributed by atoms with Gasteiger partial charge in [-0.15, -0.1) is 24.2 Å². The summed E-state index contributed by atoms with van der Waals surface area (Å²) in [7, 11) is 0. The van der Waals surface area contributed by atoms with Gasteiger partial charge in [0, 0.05) is 30.4 Å². The summed E-state index contributed by atoms with van der Waals surface area (Å²) in [5, 5.41) is 0. The van der Waals surface area contributed by atoms with E-state index in [1.54, 1.807) is 11.8 Å². The molecule has 0 aliphatic carbocycles. The van der Waals surface area contributed by atoms with Gasteiger partial charge in [0.1, 0.15) is 0 Å². The van der Waals surface area contributed by atoms with Gasteiger partial charge >= 0.3 is 0 Å². The van der Waals surface area contributed by atoms with E-state index in [4.69, 9.17) is 5.73 Å². The van der Waals surface area contributed by atoms with Gasteiger partial charge in [-0.05, 0) is 42.0 Å². The van der Waals surface area contributed by atoms with E-state index in [0.717, 1.165) is 26.2 Å². The fraction of sp³-hybridized carbons (Fsp3) is 0.368. The van der Waals surface area contributed by atoms with Crippen LogP contribution in [-0.2, 0) is 6.54 Å². The van der Waals surface area contributed by atoms with Crippen LogP contribution < -0.4 is 5.73 Å². The summed E-state index contributed by atoms with van der Waals surface area (Å²) in [5.41, 5.74) is 8.85. The first kappa shape index (κ1) is 18.3. The molecule has 0 saturated carbocycles. The molecule has 0 spiro atoms. The summed E-state index contributed by atoms with van der Waals surface area (Å²) in [4.78, 5) is 3.87. The second-order valence-corrected chi connectivity index (χ2v) is 6.93. The van der Waals surface area contributed by atoms with Gasteiger partial charge < -0.3 is 5.73 Å². The Morgan fingerprint density at radius 1 is 1.04 bits per heavy atom. The Hall–Kier alpha value is -1.00. The third-order valence-electron chi connectivity index (χ3n) is 4.61. The Morgan fingerprint density at radius 3 is 2.35 bits per heavy atom. The first-order valence-corrected chi connectivity index (χ1v) is 9.13. The van der Waals surface area contributed by atoms with Crippen molar-refractivity contribution in [3.63, 3.8) is 0 Å². The molecule has 0 bridgehead atoms.